The Labute approximate surface area is 150 Å². The van der Waals surface area contributed by atoms with Crippen LogP contribution in [0.4, 0.5) is 0 Å². The predicted molar refractivity (Wildman–Crippen MR) is 101 cm³/mol. The third-order valence-electron chi connectivity index (χ3n) is 4.40. The third kappa shape index (κ3) is 5.52. The molecular formula is C20H26ClNO2. The van der Waals surface area contributed by atoms with Gasteiger partial charge in [-0.2, -0.15) is 0 Å². The van der Waals surface area contributed by atoms with Gasteiger partial charge in [-0.3, -0.25) is 0 Å². The number of halogens is 1. The number of rotatable bonds is 7. The van der Waals surface area contributed by atoms with Gasteiger partial charge in [-0.15, -0.1) is 12.4 Å². The number of hydrogen-bond donors (Lipinski definition) is 2. The maximum atomic E-state index is 10.0. The maximum absolute atomic E-state index is 10.0. The molecule has 24 heavy (non-hydrogen) atoms. The van der Waals surface area contributed by atoms with Crippen LogP contribution >= 0.6 is 12.4 Å². The number of aliphatic hydroxyl groups excluding tert-OH is 1. The molecule has 0 spiro atoms. The minimum atomic E-state index is -0.468. The zero-order valence-corrected chi connectivity index (χ0v) is 14.7. The molecule has 4 heteroatoms. The van der Waals surface area contributed by atoms with Crippen LogP contribution in [-0.4, -0.2) is 30.4 Å². The molecule has 0 heterocycles. The van der Waals surface area contributed by atoms with E-state index in [1.54, 1.807) is 0 Å². The second-order valence-electron chi connectivity index (χ2n) is 6.24. The van der Waals surface area contributed by atoms with Crippen LogP contribution in [-0.2, 0) is 0 Å². The number of ether oxygens (including phenoxy) is 1. The van der Waals surface area contributed by atoms with Gasteiger partial charge in [-0.25, -0.2) is 0 Å². The predicted octanol–water partition coefficient (Wildman–Crippen LogP) is 4.05. The highest BCUT2D eigenvalue weighted by Gasteiger charge is 2.15. The fourth-order valence-electron chi connectivity index (χ4n) is 3.06. The van der Waals surface area contributed by atoms with Crippen molar-refractivity contribution in [3.8, 4) is 16.9 Å². The van der Waals surface area contributed by atoms with E-state index < -0.39 is 6.10 Å². The average Bonchev–Trinajstić information content (AvgIpc) is 3.13. The summed E-state index contributed by atoms with van der Waals surface area (Å²) in [6.07, 6.45) is 4.60. The molecule has 130 valence electrons. The van der Waals surface area contributed by atoms with Crippen LogP contribution in [0.1, 0.15) is 25.7 Å². The van der Waals surface area contributed by atoms with Gasteiger partial charge in [-0.1, -0.05) is 55.3 Å². The zero-order valence-electron chi connectivity index (χ0n) is 13.9. The average molecular weight is 348 g/mol. The van der Waals surface area contributed by atoms with Gasteiger partial charge in [0, 0.05) is 12.6 Å². The van der Waals surface area contributed by atoms with E-state index in [0.717, 1.165) is 5.75 Å². The molecule has 1 unspecified atom stereocenters. The van der Waals surface area contributed by atoms with Crippen molar-refractivity contribution in [2.45, 2.75) is 37.8 Å². The van der Waals surface area contributed by atoms with E-state index in [9.17, 15) is 5.11 Å². The molecule has 1 atom stereocenters. The molecule has 1 fully saturated rings. The van der Waals surface area contributed by atoms with Crippen LogP contribution < -0.4 is 10.1 Å². The van der Waals surface area contributed by atoms with Gasteiger partial charge >= 0.3 is 0 Å². The number of benzene rings is 2. The van der Waals surface area contributed by atoms with Gasteiger partial charge in [0.15, 0.2) is 0 Å². The first-order valence-corrected chi connectivity index (χ1v) is 8.51. The summed E-state index contributed by atoms with van der Waals surface area (Å²) in [5.41, 5.74) is 2.36. The Hall–Kier alpha value is -1.55. The molecule has 0 amide bonds. The van der Waals surface area contributed by atoms with Crippen molar-refractivity contribution in [2.24, 2.45) is 0 Å². The van der Waals surface area contributed by atoms with E-state index in [2.05, 4.69) is 17.4 Å². The maximum Gasteiger partial charge on any atom is 0.119 e. The summed E-state index contributed by atoms with van der Waals surface area (Å²) >= 11 is 0. The Balaban J connectivity index is 0.00000208. The van der Waals surface area contributed by atoms with Crippen molar-refractivity contribution in [2.75, 3.05) is 13.2 Å². The largest absolute Gasteiger partial charge is 0.491 e. The van der Waals surface area contributed by atoms with E-state index in [0.29, 0.717) is 19.2 Å². The monoisotopic (exact) mass is 347 g/mol. The SMILES string of the molecule is Cl.OC(CNC1CCCC1)COc1ccc(-c2ccccc2)cc1. The minimum Gasteiger partial charge on any atom is -0.491 e. The summed E-state index contributed by atoms with van der Waals surface area (Å²) in [5.74, 6) is 0.796. The minimum absolute atomic E-state index is 0. The lowest BCUT2D eigenvalue weighted by Crippen LogP contribution is -2.36. The van der Waals surface area contributed by atoms with Crippen molar-refractivity contribution in [3.63, 3.8) is 0 Å². The summed E-state index contributed by atoms with van der Waals surface area (Å²) < 4.78 is 5.68. The van der Waals surface area contributed by atoms with E-state index in [-0.39, 0.29) is 12.4 Å². The van der Waals surface area contributed by atoms with Gasteiger partial charge in [0.05, 0.1) is 0 Å². The van der Waals surface area contributed by atoms with Crippen molar-refractivity contribution >= 4 is 12.4 Å². The molecule has 2 aromatic carbocycles. The summed E-state index contributed by atoms with van der Waals surface area (Å²) in [7, 11) is 0. The standard InChI is InChI=1S/C20H25NO2.ClH/c22-19(14-21-18-8-4-5-9-18)15-23-20-12-10-17(11-13-20)16-6-2-1-3-7-16;/h1-3,6-7,10-13,18-19,21-22H,4-5,8-9,14-15H2;1H. The number of hydrogen-bond acceptors (Lipinski definition) is 3. The molecule has 0 aromatic heterocycles. The smallest absolute Gasteiger partial charge is 0.119 e. The van der Waals surface area contributed by atoms with Crippen LogP contribution in [0, 0.1) is 0 Å². The first kappa shape index (κ1) is 18.8. The van der Waals surface area contributed by atoms with Gasteiger partial charge in [0.2, 0.25) is 0 Å². The summed E-state index contributed by atoms with van der Waals surface area (Å²) in [4.78, 5) is 0. The van der Waals surface area contributed by atoms with Gasteiger partial charge in [0.25, 0.3) is 0 Å². The van der Waals surface area contributed by atoms with Crippen molar-refractivity contribution in [1.82, 2.24) is 5.32 Å². The summed E-state index contributed by atoms with van der Waals surface area (Å²) in [6, 6.07) is 18.9. The van der Waals surface area contributed by atoms with E-state index in [1.165, 1.54) is 36.8 Å². The summed E-state index contributed by atoms with van der Waals surface area (Å²) in [6.45, 7) is 0.928. The lowest BCUT2D eigenvalue weighted by atomic mass is 10.1. The Morgan fingerprint density at radius 2 is 1.58 bits per heavy atom. The highest BCUT2D eigenvalue weighted by atomic mass is 35.5. The third-order valence-corrected chi connectivity index (χ3v) is 4.40. The van der Waals surface area contributed by atoms with Crippen molar-refractivity contribution in [3.05, 3.63) is 54.6 Å². The fraction of sp³-hybridized carbons (Fsp3) is 0.400. The molecule has 2 N–H and O–H groups in total. The van der Waals surface area contributed by atoms with Gasteiger partial charge in [0.1, 0.15) is 18.5 Å². The molecule has 3 nitrogen and oxygen atoms in total. The number of nitrogens with one attached hydrogen (secondary N) is 1. The lowest BCUT2D eigenvalue weighted by Gasteiger charge is -2.16. The van der Waals surface area contributed by atoms with Gasteiger partial charge < -0.3 is 15.2 Å². The lowest BCUT2D eigenvalue weighted by molar-refractivity contribution is 0.104. The highest BCUT2D eigenvalue weighted by Crippen LogP contribution is 2.22. The van der Waals surface area contributed by atoms with Crippen LogP contribution in [0.3, 0.4) is 0 Å². The molecule has 2 aromatic rings. The quantitative estimate of drug-likeness (QED) is 0.794. The molecular weight excluding hydrogens is 322 g/mol. The Kier molecular flexibility index (Phi) is 7.57. The molecule has 0 radical (unpaired) electrons. The molecule has 0 aliphatic heterocycles. The normalized spacial score (nSPS) is 15.7. The first-order valence-electron chi connectivity index (χ1n) is 8.51. The topological polar surface area (TPSA) is 41.5 Å². The van der Waals surface area contributed by atoms with Crippen molar-refractivity contribution in [1.29, 1.82) is 0 Å². The molecule has 1 aliphatic carbocycles. The fourth-order valence-corrected chi connectivity index (χ4v) is 3.06. The van der Waals surface area contributed by atoms with Crippen LogP contribution in [0.5, 0.6) is 5.75 Å². The zero-order chi connectivity index (χ0) is 15.9. The van der Waals surface area contributed by atoms with Crippen molar-refractivity contribution < 1.29 is 9.84 Å². The molecule has 0 saturated heterocycles. The van der Waals surface area contributed by atoms with Crippen LogP contribution in [0.2, 0.25) is 0 Å². The summed E-state index contributed by atoms with van der Waals surface area (Å²) in [5, 5.41) is 13.4. The van der Waals surface area contributed by atoms with Gasteiger partial charge in [-0.05, 0) is 36.1 Å². The van der Waals surface area contributed by atoms with Crippen LogP contribution in [0.15, 0.2) is 54.6 Å². The Morgan fingerprint density at radius 3 is 2.25 bits per heavy atom. The Morgan fingerprint density at radius 1 is 0.958 bits per heavy atom. The second-order valence-corrected chi connectivity index (χ2v) is 6.24. The van der Waals surface area contributed by atoms with Crippen LogP contribution in [0.25, 0.3) is 11.1 Å². The first-order chi connectivity index (χ1) is 11.3. The second kappa shape index (κ2) is 9.67. The van der Waals surface area contributed by atoms with E-state index in [1.807, 2.05) is 42.5 Å². The Bertz CT molecular complexity index is 582. The molecule has 1 saturated carbocycles. The molecule has 1 aliphatic rings. The molecule has 3 rings (SSSR count). The van der Waals surface area contributed by atoms with E-state index >= 15 is 0 Å². The molecule has 0 bridgehead atoms. The van der Waals surface area contributed by atoms with E-state index in [4.69, 9.17) is 4.74 Å². The number of aliphatic hydroxyl groups is 1. The highest BCUT2D eigenvalue weighted by molar-refractivity contribution is 5.85.